The molecule has 1 aromatic carbocycles. The summed E-state index contributed by atoms with van der Waals surface area (Å²) in [6, 6.07) is 3.47. The molecule has 2 heteroatoms. The van der Waals surface area contributed by atoms with Crippen LogP contribution in [0.25, 0.3) is 0 Å². The highest BCUT2D eigenvalue weighted by molar-refractivity contribution is 5.48. The molecular formula is C12H18O2. The smallest absolute Gasteiger partial charge is 0.123 e. The number of phenols is 2. The average molecular weight is 194 g/mol. The van der Waals surface area contributed by atoms with Crippen molar-refractivity contribution >= 4 is 0 Å². The van der Waals surface area contributed by atoms with Gasteiger partial charge in [0.1, 0.15) is 11.5 Å². The van der Waals surface area contributed by atoms with Crippen molar-refractivity contribution in [1.82, 2.24) is 0 Å². The fraction of sp³-hybridized carbons (Fsp3) is 0.500. The average Bonchev–Trinajstić information content (AvgIpc) is 2.01. The standard InChI is InChI=1S/C12H18O2/c1-7(2)9-5-10(13)12(8(3)4)11(14)6-9/h5-8,13-14H,1-4H3. The van der Waals surface area contributed by atoms with E-state index in [2.05, 4.69) is 0 Å². The van der Waals surface area contributed by atoms with Crippen LogP contribution in [0.4, 0.5) is 0 Å². The Bertz CT molecular complexity index is 304. The molecule has 0 saturated heterocycles. The molecule has 2 N–H and O–H groups in total. The summed E-state index contributed by atoms with van der Waals surface area (Å²) in [4.78, 5) is 0. The highest BCUT2D eigenvalue weighted by Gasteiger charge is 2.13. The van der Waals surface area contributed by atoms with Gasteiger partial charge in [-0.2, -0.15) is 0 Å². The number of phenolic OH excluding ortho intramolecular Hbond substituents is 2. The Hall–Kier alpha value is -1.18. The van der Waals surface area contributed by atoms with Crippen LogP contribution in [0.15, 0.2) is 12.1 Å². The Morgan fingerprint density at radius 3 is 1.57 bits per heavy atom. The van der Waals surface area contributed by atoms with Gasteiger partial charge in [-0.25, -0.2) is 0 Å². The summed E-state index contributed by atoms with van der Waals surface area (Å²) in [5.74, 6) is 0.844. The first-order valence-corrected chi connectivity index (χ1v) is 4.99. The largest absolute Gasteiger partial charge is 0.508 e. The van der Waals surface area contributed by atoms with Gasteiger partial charge in [0.15, 0.2) is 0 Å². The molecule has 1 rings (SSSR count). The maximum Gasteiger partial charge on any atom is 0.123 e. The number of aromatic hydroxyl groups is 2. The third kappa shape index (κ3) is 2.00. The highest BCUT2D eigenvalue weighted by Crippen LogP contribution is 2.36. The fourth-order valence-corrected chi connectivity index (χ4v) is 1.57. The topological polar surface area (TPSA) is 40.5 Å². The third-order valence-corrected chi connectivity index (χ3v) is 2.40. The van der Waals surface area contributed by atoms with E-state index in [4.69, 9.17) is 0 Å². The quantitative estimate of drug-likeness (QED) is 0.758. The van der Waals surface area contributed by atoms with Gasteiger partial charge in [-0.1, -0.05) is 27.7 Å². The molecule has 0 bridgehead atoms. The second kappa shape index (κ2) is 3.91. The normalized spacial score (nSPS) is 11.3. The molecule has 78 valence electrons. The van der Waals surface area contributed by atoms with Gasteiger partial charge in [0.25, 0.3) is 0 Å². The fourth-order valence-electron chi connectivity index (χ4n) is 1.57. The molecule has 2 nitrogen and oxygen atoms in total. The van der Waals surface area contributed by atoms with E-state index < -0.39 is 0 Å². The Morgan fingerprint density at radius 2 is 1.29 bits per heavy atom. The SMILES string of the molecule is CC(C)c1cc(O)c(C(C)C)c(O)c1. The highest BCUT2D eigenvalue weighted by atomic mass is 16.3. The lowest BCUT2D eigenvalue weighted by Gasteiger charge is -2.14. The lowest BCUT2D eigenvalue weighted by Crippen LogP contribution is -1.93. The van der Waals surface area contributed by atoms with Crippen molar-refractivity contribution in [2.24, 2.45) is 0 Å². The summed E-state index contributed by atoms with van der Waals surface area (Å²) >= 11 is 0. The van der Waals surface area contributed by atoms with Crippen LogP contribution in [0, 0.1) is 0 Å². The molecule has 0 radical (unpaired) electrons. The maximum atomic E-state index is 9.73. The summed E-state index contributed by atoms with van der Waals surface area (Å²) in [7, 11) is 0. The van der Waals surface area contributed by atoms with Crippen molar-refractivity contribution < 1.29 is 10.2 Å². The first kappa shape index (κ1) is 10.9. The summed E-state index contributed by atoms with van der Waals surface area (Å²) in [6.45, 7) is 7.96. The zero-order valence-electron chi connectivity index (χ0n) is 9.20. The summed E-state index contributed by atoms with van der Waals surface area (Å²) in [5, 5.41) is 19.5. The van der Waals surface area contributed by atoms with Crippen LogP contribution >= 0.6 is 0 Å². The Kier molecular flexibility index (Phi) is 3.04. The van der Waals surface area contributed by atoms with Crippen molar-refractivity contribution in [3.63, 3.8) is 0 Å². The molecule has 1 aromatic rings. The zero-order chi connectivity index (χ0) is 10.9. The molecule has 0 spiro atoms. The molecule has 0 fully saturated rings. The Morgan fingerprint density at radius 1 is 0.857 bits per heavy atom. The van der Waals surface area contributed by atoms with Gasteiger partial charge < -0.3 is 10.2 Å². The first-order chi connectivity index (χ1) is 6.43. The van der Waals surface area contributed by atoms with Gasteiger partial charge in [-0.3, -0.25) is 0 Å². The van der Waals surface area contributed by atoms with Gasteiger partial charge in [0, 0.05) is 5.56 Å². The maximum absolute atomic E-state index is 9.73. The van der Waals surface area contributed by atoms with E-state index in [1.807, 2.05) is 27.7 Å². The van der Waals surface area contributed by atoms with E-state index in [-0.39, 0.29) is 17.4 Å². The van der Waals surface area contributed by atoms with Crippen molar-refractivity contribution in [2.45, 2.75) is 39.5 Å². The number of hydrogen-bond acceptors (Lipinski definition) is 2. The predicted octanol–water partition coefficient (Wildman–Crippen LogP) is 3.34. The molecule has 0 heterocycles. The van der Waals surface area contributed by atoms with Gasteiger partial charge in [0.05, 0.1) is 0 Å². The second-order valence-electron chi connectivity index (χ2n) is 4.28. The molecule has 0 aliphatic carbocycles. The van der Waals surface area contributed by atoms with E-state index in [1.54, 1.807) is 12.1 Å². The van der Waals surface area contributed by atoms with E-state index in [0.29, 0.717) is 11.5 Å². The van der Waals surface area contributed by atoms with Crippen LogP contribution in [0.1, 0.15) is 50.7 Å². The monoisotopic (exact) mass is 194 g/mol. The Labute approximate surface area is 85.2 Å². The van der Waals surface area contributed by atoms with E-state index in [0.717, 1.165) is 5.56 Å². The molecule has 0 aromatic heterocycles. The molecule has 0 aliphatic rings. The van der Waals surface area contributed by atoms with Crippen LogP contribution in [0.2, 0.25) is 0 Å². The number of hydrogen-bond donors (Lipinski definition) is 2. The van der Waals surface area contributed by atoms with Gasteiger partial charge in [-0.05, 0) is 29.5 Å². The molecule has 0 unspecified atom stereocenters. The molecule has 14 heavy (non-hydrogen) atoms. The molecule has 0 saturated carbocycles. The number of benzene rings is 1. The summed E-state index contributed by atoms with van der Waals surface area (Å²) < 4.78 is 0. The minimum absolute atomic E-state index is 0.135. The second-order valence-corrected chi connectivity index (χ2v) is 4.28. The summed E-state index contributed by atoms with van der Waals surface area (Å²) in [5.41, 5.74) is 1.60. The lowest BCUT2D eigenvalue weighted by molar-refractivity contribution is 0.431. The van der Waals surface area contributed by atoms with Crippen molar-refractivity contribution in [1.29, 1.82) is 0 Å². The van der Waals surface area contributed by atoms with Gasteiger partial charge in [0.2, 0.25) is 0 Å². The van der Waals surface area contributed by atoms with Crippen molar-refractivity contribution in [2.75, 3.05) is 0 Å². The Balaban J connectivity index is 3.25. The van der Waals surface area contributed by atoms with Crippen LogP contribution in [-0.4, -0.2) is 10.2 Å². The lowest BCUT2D eigenvalue weighted by atomic mass is 9.95. The van der Waals surface area contributed by atoms with E-state index in [9.17, 15) is 10.2 Å². The van der Waals surface area contributed by atoms with E-state index in [1.165, 1.54) is 0 Å². The van der Waals surface area contributed by atoms with Gasteiger partial charge >= 0.3 is 0 Å². The summed E-state index contributed by atoms with van der Waals surface area (Å²) in [6.07, 6.45) is 0. The third-order valence-electron chi connectivity index (χ3n) is 2.40. The molecule has 0 atom stereocenters. The minimum Gasteiger partial charge on any atom is -0.508 e. The van der Waals surface area contributed by atoms with Crippen LogP contribution in [0.3, 0.4) is 0 Å². The van der Waals surface area contributed by atoms with Crippen LogP contribution in [-0.2, 0) is 0 Å². The minimum atomic E-state index is 0.135. The zero-order valence-corrected chi connectivity index (χ0v) is 9.20. The molecule has 0 amide bonds. The molecular weight excluding hydrogens is 176 g/mol. The van der Waals surface area contributed by atoms with Crippen LogP contribution in [0.5, 0.6) is 11.5 Å². The van der Waals surface area contributed by atoms with E-state index >= 15 is 0 Å². The molecule has 0 aliphatic heterocycles. The predicted molar refractivity (Wildman–Crippen MR) is 57.9 cm³/mol. The van der Waals surface area contributed by atoms with Crippen LogP contribution < -0.4 is 0 Å². The number of rotatable bonds is 2. The van der Waals surface area contributed by atoms with Gasteiger partial charge in [-0.15, -0.1) is 0 Å². The first-order valence-electron chi connectivity index (χ1n) is 4.99. The van der Waals surface area contributed by atoms with Crippen molar-refractivity contribution in [3.8, 4) is 11.5 Å². The van der Waals surface area contributed by atoms with Crippen molar-refractivity contribution in [3.05, 3.63) is 23.3 Å².